The van der Waals surface area contributed by atoms with Gasteiger partial charge in [-0.15, -0.1) is 0 Å². The van der Waals surface area contributed by atoms with Crippen LogP contribution in [-0.4, -0.2) is 53.0 Å². The molecule has 1 aliphatic heterocycles. The van der Waals surface area contributed by atoms with Gasteiger partial charge in [0.1, 0.15) is 5.82 Å². The lowest BCUT2D eigenvalue weighted by Gasteiger charge is -2.39. The van der Waals surface area contributed by atoms with Crippen LogP contribution in [-0.2, 0) is 10.2 Å². The van der Waals surface area contributed by atoms with E-state index in [1.54, 1.807) is 12.1 Å². The zero-order chi connectivity index (χ0) is 22.6. The summed E-state index contributed by atoms with van der Waals surface area (Å²) in [6, 6.07) is 14.0. The third kappa shape index (κ3) is 5.91. The van der Waals surface area contributed by atoms with Gasteiger partial charge in [0.25, 0.3) is 5.91 Å². The monoisotopic (exact) mass is 426 g/mol. The highest BCUT2D eigenvalue weighted by Gasteiger charge is 2.28. The van der Waals surface area contributed by atoms with E-state index in [-0.39, 0.29) is 29.6 Å². The number of hydrogen-bond acceptors (Lipinski definition) is 3. The van der Waals surface area contributed by atoms with Crippen molar-refractivity contribution in [1.82, 2.24) is 9.80 Å². The summed E-state index contributed by atoms with van der Waals surface area (Å²) in [7, 11) is 0. The minimum Gasteiger partial charge on any atom is -0.481 e. The van der Waals surface area contributed by atoms with Crippen LogP contribution in [0.15, 0.2) is 48.5 Å². The zero-order valence-electron chi connectivity index (χ0n) is 18.5. The molecule has 0 unspecified atom stereocenters. The summed E-state index contributed by atoms with van der Waals surface area (Å²) < 4.78 is 13.3. The van der Waals surface area contributed by atoms with Crippen molar-refractivity contribution in [2.45, 2.75) is 45.1 Å². The van der Waals surface area contributed by atoms with Gasteiger partial charge in [0.2, 0.25) is 0 Å². The molecule has 0 spiro atoms. The summed E-state index contributed by atoms with van der Waals surface area (Å²) in [4.78, 5) is 28.1. The van der Waals surface area contributed by atoms with E-state index in [2.05, 4.69) is 25.7 Å². The van der Waals surface area contributed by atoms with Gasteiger partial charge in [0.05, 0.1) is 0 Å². The Morgan fingerprint density at radius 3 is 2.06 bits per heavy atom. The fraction of sp³-hybridized carbons (Fsp3) is 0.440. The molecule has 31 heavy (non-hydrogen) atoms. The van der Waals surface area contributed by atoms with E-state index in [9.17, 15) is 14.0 Å². The average Bonchev–Trinajstić information content (AvgIpc) is 2.74. The predicted octanol–water partition coefficient (Wildman–Crippen LogP) is 4.49. The molecular formula is C25H31FN2O3. The second-order valence-corrected chi connectivity index (χ2v) is 9.16. The minimum absolute atomic E-state index is 0.0176. The Bertz CT molecular complexity index is 896. The first kappa shape index (κ1) is 22.9. The second-order valence-electron chi connectivity index (χ2n) is 9.16. The summed E-state index contributed by atoms with van der Waals surface area (Å²) in [6.07, 6.45) is 0.491. The fourth-order valence-electron chi connectivity index (χ4n) is 4.04. The van der Waals surface area contributed by atoms with Gasteiger partial charge in [-0.05, 0) is 47.2 Å². The molecule has 0 saturated carbocycles. The van der Waals surface area contributed by atoms with Gasteiger partial charge in [-0.25, -0.2) is 4.39 Å². The van der Waals surface area contributed by atoms with Crippen LogP contribution in [0.1, 0.15) is 61.1 Å². The molecule has 0 aliphatic carbocycles. The molecule has 6 heteroatoms. The summed E-state index contributed by atoms with van der Waals surface area (Å²) in [5, 5.41) is 9.13. The maximum absolute atomic E-state index is 13.3. The number of amides is 1. The van der Waals surface area contributed by atoms with Crippen LogP contribution in [0, 0.1) is 5.82 Å². The van der Waals surface area contributed by atoms with E-state index in [1.165, 1.54) is 17.7 Å². The van der Waals surface area contributed by atoms with Gasteiger partial charge in [-0.3, -0.25) is 14.5 Å². The van der Waals surface area contributed by atoms with E-state index < -0.39 is 5.97 Å². The molecule has 166 valence electrons. The predicted molar refractivity (Wildman–Crippen MR) is 119 cm³/mol. The Kier molecular flexibility index (Phi) is 7.11. The largest absolute Gasteiger partial charge is 0.481 e. The topological polar surface area (TPSA) is 60.9 Å². The van der Waals surface area contributed by atoms with E-state index in [4.69, 9.17) is 5.11 Å². The molecule has 0 radical (unpaired) electrons. The molecule has 1 fully saturated rings. The zero-order valence-corrected chi connectivity index (χ0v) is 18.5. The number of hydrogen-bond donors (Lipinski definition) is 1. The first-order valence-corrected chi connectivity index (χ1v) is 10.8. The standard InChI is InChI=1S/C25H31FN2O3/c1-25(2,3)20-8-4-19(5-9-20)24(31)28-16-14-27(15-17-28)22(12-13-23(29)30)18-6-10-21(26)11-7-18/h4-11,22H,12-17H2,1-3H3,(H,29,30)/t22-/m0/s1. The highest BCUT2D eigenvalue weighted by atomic mass is 19.1. The molecule has 2 aromatic rings. The molecule has 3 rings (SSSR count). The highest BCUT2D eigenvalue weighted by molar-refractivity contribution is 5.94. The molecule has 1 heterocycles. The Morgan fingerprint density at radius 2 is 1.55 bits per heavy atom. The molecule has 1 saturated heterocycles. The van der Waals surface area contributed by atoms with E-state index in [0.29, 0.717) is 38.2 Å². The van der Waals surface area contributed by atoms with Crippen LogP contribution in [0.4, 0.5) is 4.39 Å². The SMILES string of the molecule is CC(C)(C)c1ccc(C(=O)N2CCN([C@@H](CCC(=O)O)c3ccc(F)cc3)CC2)cc1. The van der Waals surface area contributed by atoms with E-state index >= 15 is 0 Å². The van der Waals surface area contributed by atoms with Crippen molar-refractivity contribution >= 4 is 11.9 Å². The fourth-order valence-corrected chi connectivity index (χ4v) is 4.04. The molecule has 1 N–H and O–H groups in total. The number of piperazine rings is 1. The minimum atomic E-state index is -0.848. The summed E-state index contributed by atoms with van der Waals surface area (Å²) >= 11 is 0. The molecule has 1 atom stereocenters. The quantitative estimate of drug-likeness (QED) is 0.740. The Labute approximate surface area is 183 Å². The van der Waals surface area contributed by atoms with Crippen molar-refractivity contribution in [3.05, 3.63) is 71.0 Å². The van der Waals surface area contributed by atoms with Gasteiger partial charge < -0.3 is 10.0 Å². The summed E-state index contributed by atoms with van der Waals surface area (Å²) in [5.74, 6) is -1.14. The van der Waals surface area contributed by atoms with Gasteiger partial charge in [0.15, 0.2) is 0 Å². The van der Waals surface area contributed by atoms with Crippen molar-refractivity contribution in [3.63, 3.8) is 0 Å². The summed E-state index contributed by atoms with van der Waals surface area (Å²) in [6.45, 7) is 8.87. The lowest BCUT2D eigenvalue weighted by atomic mass is 9.86. The molecule has 0 bridgehead atoms. The number of aliphatic carboxylic acids is 1. The average molecular weight is 427 g/mol. The lowest BCUT2D eigenvalue weighted by molar-refractivity contribution is -0.137. The highest BCUT2D eigenvalue weighted by Crippen LogP contribution is 2.28. The number of rotatable bonds is 6. The normalized spacial score (nSPS) is 16.2. The van der Waals surface area contributed by atoms with Crippen molar-refractivity contribution in [1.29, 1.82) is 0 Å². The van der Waals surface area contributed by atoms with Crippen LogP contribution in [0.3, 0.4) is 0 Å². The van der Waals surface area contributed by atoms with E-state index in [0.717, 1.165) is 5.56 Å². The maximum atomic E-state index is 13.3. The summed E-state index contributed by atoms with van der Waals surface area (Å²) in [5.41, 5.74) is 2.82. The number of nitrogens with zero attached hydrogens (tertiary/aromatic N) is 2. The van der Waals surface area contributed by atoms with Crippen LogP contribution in [0.25, 0.3) is 0 Å². The number of carbonyl (C=O) groups is 2. The van der Waals surface area contributed by atoms with Crippen molar-refractivity contribution in [2.24, 2.45) is 0 Å². The molecule has 1 amide bonds. The Balaban J connectivity index is 1.66. The van der Waals surface area contributed by atoms with Crippen LogP contribution >= 0.6 is 0 Å². The van der Waals surface area contributed by atoms with Crippen molar-refractivity contribution < 1.29 is 19.1 Å². The Hall–Kier alpha value is -2.73. The Morgan fingerprint density at radius 1 is 0.968 bits per heavy atom. The molecule has 1 aliphatic rings. The van der Waals surface area contributed by atoms with Crippen molar-refractivity contribution in [3.8, 4) is 0 Å². The molecule has 2 aromatic carbocycles. The van der Waals surface area contributed by atoms with E-state index in [1.807, 2.05) is 29.2 Å². The smallest absolute Gasteiger partial charge is 0.303 e. The molecular weight excluding hydrogens is 395 g/mol. The lowest BCUT2D eigenvalue weighted by Crippen LogP contribution is -2.49. The number of carboxylic acids is 1. The first-order chi connectivity index (χ1) is 14.6. The van der Waals surface area contributed by atoms with Gasteiger partial charge in [-0.2, -0.15) is 0 Å². The number of benzene rings is 2. The molecule has 0 aromatic heterocycles. The van der Waals surface area contributed by atoms with Crippen LogP contribution in [0.5, 0.6) is 0 Å². The maximum Gasteiger partial charge on any atom is 0.303 e. The number of carboxylic acid groups (broad SMARTS) is 1. The number of halogens is 1. The van der Waals surface area contributed by atoms with Gasteiger partial charge >= 0.3 is 5.97 Å². The first-order valence-electron chi connectivity index (χ1n) is 10.8. The number of carbonyl (C=O) groups excluding carboxylic acids is 1. The van der Waals surface area contributed by atoms with Gasteiger partial charge in [-0.1, -0.05) is 45.0 Å². The second kappa shape index (κ2) is 9.60. The van der Waals surface area contributed by atoms with Crippen LogP contribution in [0.2, 0.25) is 0 Å². The third-order valence-electron chi connectivity index (χ3n) is 5.93. The third-order valence-corrected chi connectivity index (χ3v) is 5.93. The van der Waals surface area contributed by atoms with Gasteiger partial charge in [0, 0.05) is 44.2 Å². The van der Waals surface area contributed by atoms with Crippen molar-refractivity contribution in [2.75, 3.05) is 26.2 Å². The molecule has 5 nitrogen and oxygen atoms in total. The van der Waals surface area contributed by atoms with Crippen LogP contribution < -0.4 is 0 Å².